The second-order valence-electron chi connectivity index (χ2n) is 4.55. The third kappa shape index (κ3) is 3.80. The van der Waals surface area contributed by atoms with Gasteiger partial charge in [-0.1, -0.05) is 30.3 Å². The molecule has 1 aliphatic rings. The van der Waals surface area contributed by atoms with E-state index in [1.807, 2.05) is 0 Å². The standard InChI is InChI=1S/C14H21NO2/c16-9-10-17-12-14-7-4-8-15(14)11-13-5-2-1-3-6-13/h1-3,5-6,14,16H,4,7-12H2. The highest BCUT2D eigenvalue weighted by Gasteiger charge is 2.24. The van der Waals surface area contributed by atoms with E-state index >= 15 is 0 Å². The summed E-state index contributed by atoms with van der Waals surface area (Å²) in [5.41, 5.74) is 1.36. The number of nitrogens with zero attached hydrogens (tertiary/aromatic N) is 1. The number of aliphatic hydroxyl groups is 1. The fourth-order valence-electron chi connectivity index (χ4n) is 2.39. The molecule has 0 bridgehead atoms. The van der Waals surface area contributed by atoms with Crippen LogP contribution in [0.4, 0.5) is 0 Å². The van der Waals surface area contributed by atoms with Crippen LogP contribution in [0.25, 0.3) is 0 Å². The highest BCUT2D eigenvalue weighted by molar-refractivity contribution is 5.14. The summed E-state index contributed by atoms with van der Waals surface area (Å²) in [5.74, 6) is 0. The molecule has 0 spiro atoms. The summed E-state index contributed by atoms with van der Waals surface area (Å²) in [6, 6.07) is 11.1. The Morgan fingerprint density at radius 3 is 2.88 bits per heavy atom. The Labute approximate surface area is 103 Å². The average Bonchev–Trinajstić information content (AvgIpc) is 2.79. The Morgan fingerprint density at radius 2 is 2.12 bits per heavy atom. The molecule has 1 aliphatic heterocycles. The van der Waals surface area contributed by atoms with Crippen LogP contribution in [0, 0.1) is 0 Å². The van der Waals surface area contributed by atoms with Crippen molar-refractivity contribution in [2.24, 2.45) is 0 Å². The molecule has 3 nitrogen and oxygen atoms in total. The van der Waals surface area contributed by atoms with Crippen molar-refractivity contribution in [3.8, 4) is 0 Å². The summed E-state index contributed by atoms with van der Waals surface area (Å²) >= 11 is 0. The molecule has 0 aliphatic carbocycles. The van der Waals surface area contributed by atoms with Crippen LogP contribution in [-0.4, -0.2) is 42.4 Å². The maximum absolute atomic E-state index is 8.70. The number of benzene rings is 1. The lowest BCUT2D eigenvalue weighted by Crippen LogP contribution is -2.33. The molecule has 2 rings (SSSR count). The summed E-state index contributed by atoms with van der Waals surface area (Å²) in [5, 5.41) is 8.70. The molecule has 1 unspecified atom stereocenters. The van der Waals surface area contributed by atoms with Crippen molar-refractivity contribution >= 4 is 0 Å². The third-order valence-corrected chi connectivity index (χ3v) is 3.27. The van der Waals surface area contributed by atoms with Crippen molar-refractivity contribution in [1.82, 2.24) is 4.90 Å². The topological polar surface area (TPSA) is 32.7 Å². The summed E-state index contributed by atoms with van der Waals surface area (Å²) in [7, 11) is 0. The number of hydrogen-bond acceptors (Lipinski definition) is 3. The third-order valence-electron chi connectivity index (χ3n) is 3.27. The van der Waals surface area contributed by atoms with Gasteiger partial charge in [0, 0.05) is 12.6 Å². The van der Waals surface area contributed by atoms with Crippen molar-refractivity contribution in [3.63, 3.8) is 0 Å². The first-order chi connectivity index (χ1) is 8.40. The number of ether oxygens (including phenoxy) is 1. The highest BCUT2D eigenvalue weighted by atomic mass is 16.5. The zero-order valence-electron chi connectivity index (χ0n) is 10.2. The molecule has 0 radical (unpaired) electrons. The normalized spacial score (nSPS) is 20.9. The molecular weight excluding hydrogens is 214 g/mol. The molecule has 1 fully saturated rings. The van der Waals surface area contributed by atoms with Gasteiger partial charge in [0.1, 0.15) is 0 Å². The molecule has 0 amide bonds. The molecule has 3 heteroatoms. The van der Waals surface area contributed by atoms with Crippen molar-refractivity contribution < 1.29 is 9.84 Å². The highest BCUT2D eigenvalue weighted by Crippen LogP contribution is 2.20. The molecule has 1 atom stereocenters. The van der Waals surface area contributed by atoms with E-state index in [0.29, 0.717) is 12.6 Å². The van der Waals surface area contributed by atoms with Crippen LogP contribution >= 0.6 is 0 Å². The zero-order chi connectivity index (χ0) is 11.9. The summed E-state index contributed by atoms with van der Waals surface area (Å²) in [6.07, 6.45) is 2.46. The maximum Gasteiger partial charge on any atom is 0.0698 e. The van der Waals surface area contributed by atoms with E-state index in [1.54, 1.807) is 0 Å². The minimum atomic E-state index is 0.116. The van der Waals surface area contributed by atoms with E-state index in [4.69, 9.17) is 9.84 Å². The van der Waals surface area contributed by atoms with Crippen LogP contribution in [0.3, 0.4) is 0 Å². The van der Waals surface area contributed by atoms with Gasteiger partial charge < -0.3 is 9.84 Å². The van der Waals surface area contributed by atoms with Crippen LogP contribution in [0.15, 0.2) is 30.3 Å². The minimum absolute atomic E-state index is 0.116. The van der Waals surface area contributed by atoms with E-state index in [9.17, 15) is 0 Å². The van der Waals surface area contributed by atoms with Gasteiger partial charge in [0.05, 0.1) is 19.8 Å². The first-order valence-corrected chi connectivity index (χ1v) is 6.36. The van der Waals surface area contributed by atoms with E-state index in [2.05, 4.69) is 35.2 Å². The SMILES string of the molecule is OCCOCC1CCCN1Cc1ccccc1. The Morgan fingerprint density at radius 1 is 1.29 bits per heavy atom. The van der Waals surface area contributed by atoms with Gasteiger partial charge >= 0.3 is 0 Å². The predicted octanol–water partition coefficient (Wildman–Crippen LogP) is 1.66. The first kappa shape index (κ1) is 12.6. The van der Waals surface area contributed by atoms with Gasteiger partial charge in [-0.25, -0.2) is 0 Å². The second kappa shape index (κ2) is 6.74. The summed E-state index contributed by atoms with van der Waals surface area (Å²) in [4.78, 5) is 2.48. The van der Waals surface area contributed by atoms with Crippen molar-refractivity contribution in [1.29, 1.82) is 0 Å². The monoisotopic (exact) mass is 235 g/mol. The van der Waals surface area contributed by atoms with Crippen LogP contribution in [0.2, 0.25) is 0 Å². The van der Waals surface area contributed by atoms with E-state index < -0.39 is 0 Å². The molecule has 1 aromatic rings. The number of rotatable bonds is 6. The smallest absolute Gasteiger partial charge is 0.0698 e. The predicted molar refractivity (Wildman–Crippen MR) is 67.8 cm³/mol. The van der Waals surface area contributed by atoms with Gasteiger partial charge in [-0.2, -0.15) is 0 Å². The van der Waals surface area contributed by atoms with E-state index in [-0.39, 0.29) is 6.61 Å². The van der Waals surface area contributed by atoms with Crippen LogP contribution in [-0.2, 0) is 11.3 Å². The van der Waals surface area contributed by atoms with Gasteiger partial charge in [-0.15, -0.1) is 0 Å². The Hall–Kier alpha value is -0.900. The lowest BCUT2D eigenvalue weighted by molar-refractivity contribution is 0.0514. The fraction of sp³-hybridized carbons (Fsp3) is 0.571. The van der Waals surface area contributed by atoms with Crippen LogP contribution in [0.1, 0.15) is 18.4 Å². The fourth-order valence-corrected chi connectivity index (χ4v) is 2.39. The van der Waals surface area contributed by atoms with Crippen molar-refractivity contribution in [3.05, 3.63) is 35.9 Å². The first-order valence-electron chi connectivity index (χ1n) is 6.36. The molecular formula is C14H21NO2. The van der Waals surface area contributed by atoms with Crippen LogP contribution in [0.5, 0.6) is 0 Å². The molecule has 94 valence electrons. The molecule has 0 aromatic heterocycles. The lowest BCUT2D eigenvalue weighted by Gasteiger charge is -2.24. The number of likely N-dealkylation sites (tertiary alicyclic amines) is 1. The Balaban J connectivity index is 1.82. The number of hydrogen-bond donors (Lipinski definition) is 1. The van der Waals surface area contributed by atoms with Gasteiger partial charge in [0.25, 0.3) is 0 Å². The maximum atomic E-state index is 8.70. The average molecular weight is 235 g/mol. The van der Waals surface area contributed by atoms with Crippen molar-refractivity contribution in [2.75, 3.05) is 26.4 Å². The van der Waals surface area contributed by atoms with Crippen LogP contribution < -0.4 is 0 Å². The second-order valence-corrected chi connectivity index (χ2v) is 4.55. The van der Waals surface area contributed by atoms with Gasteiger partial charge in [0.15, 0.2) is 0 Å². The van der Waals surface area contributed by atoms with Crippen molar-refractivity contribution in [2.45, 2.75) is 25.4 Å². The van der Waals surface area contributed by atoms with Gasteiger partial charge in [-0.3, -0.25) is 4.90 Å². The zero-order valence-corrected chi connectivity index (χ0v) is 10.2. The van der Waals surface area contributed by atoms with Gasteiger partial charge in [-0.05, 0) is 24.9 Å². The van der Waals surface area contributed by atoms with E-state index in [1.165, 1.54) is 18.4 Å². The number of aliphatic hydroxyl groups excluding tert-OH is 1. The largest absolute Gasteiger partial charge is 0.394 e. The van der Waals surface area contributed by atoms with Gasteiger partial charge in [0.2, 0.25) is 0 Å². The quantitative estimate of drug-likeness (QED) is 0.761. The molecule has 1 heterocycles. The Bertz CT molecular complexity index is 315. The molecule has 1 N–H and O–H groups in total. The molecule has 1 saturated heterocycles. The molecule has 1 aromatic carbocycles. The summed E-state index contributed by atoms with van der Waals surface area (Å²) < 4.78 is 5.44. The Kier molecular flexibility index (Phi) is 4.98. The van der Waals surface area contributed by atoms with E-state index in [0.717, 1.165) is 19.7 Å². The lowest BCUT2D eigenvalue weighted by atomic mass is 10.2. The summed E-state index contributed by atoms with van der Waals surface area (Å²) in [6.45, 7) is 3.48. The molecule has 0 saturated carbocycles. The molecule has 17 heavy (non-hydrogen) atoms. The minimum Gasteiger partial charge on any atom is -0.394 e.